The van der Waals surface area contributed by atoms with Crippen molar-refractivity contribution in [3.8, 4) is 0 Å². The number of halogens is 1. The molecule has 1 aromatic carbocycles. The van der Waals surface area contributed by atoms with Crippen LogP contribution in [-0.4, -0.2) is 51.2 Å². The molecule has 0 amide bonds. The van der Waals surface area contributed by atoms with Crippen LogP contribution in [0.3, 0.4) is 0 Å². The highest BCUT2D eigenvalue weighted by molar-refractivity contribution is 9.10. The molecule has 100 valence electrons. The minimum atomic E-state index is 0.547. The van der Waals surface area contributed by atoms with E-state index in [9.17, 15) is 0 Å². The van der Waals surface area contributed by atoms with Gasteiger partial charge in [-0.25, -0.2) is 0 Å². The average Bonchev–Trinajstić information content (AvgIpc) is 2.55. The van der Waals surface area contributed by atoms with Crippen LogP contribution in [0.15, 0.2) is 28.7 Å². The molecule has 1 heterocycles. The second kappa shape index (κ2) is 6.55. The van der Waals surface area contributed by atoms with Crippen molar-refractivity contribution in [2.45, 2.75) is 12.5 Å². The lowest BCUT2D eigenvalue weighted by molar-refractivity contribution is 0.346. The first kappa shape index (κ1) is 13.8. The number of anilines is 1. The van der Waals surface area contributed by atoms with Crippen molar-refractivity contribution in [2.24, 2.45) is 0 Å². The lowest BCUT2D eigenvalue weighted by Gasteiger charge is -2.28. The van der Waals surface area contributed by atoms with Crippen LogP contribution < -0.4 is 10.2 Å². The average molecular weight is 312 g/mol. The number of benzene rings is 1. The molecule has 18 heavy (non-hydrogen) atoms. The summed E-state index contributed by atoms with van der Waals surface area (Å²) in [6.45, 7) is 4.43. The SMILES string of the molecule is CN(C)CC1CN(c2ccc(Br)cc2)CCCN1. The molecule has 1 saturated heterocycles. The molecular weight excluding hydrogens is 290 g/mol. The van der Waals surface area contributed by atoms with E-state index in [0.29, 0.717) is 6.04 Å². The van der Waals surface area contributed by atoms with Crippen LogP contribution in [-0.2, 0) is 0 Å². The smallest absolute Gasteiger partial charge is 0.0371 e. The second-order valence-electron chi connectivity index (χ2n) is 5.19. The van der Waals surface area contributed by atoms with E-state index >= 15 is 0 Å². The third-order valence-corrected chi connectivity index (χ3v) is 3.78. The van der Waals surface area contributed by atoms with E-state index in [-0.39, 0.29) is 0 Å². The number of rotatable bonds is 3. The van der Waals surface area contributed by atoms with Crippen molar-refractivity contribution in [1.82, 2.24) is 10.2 Å². The molecule has 1 aromatic rings. The molecule has 0 spiro atoms. The van der Waals surface area contributed by atoms with Gasteiger partial charge in [-0.3, -0.25) is 0 Å². The molecule has 1 aliphatic rings. The number of nitrogens with zero attached hydrogens (tertiary/aromatic N) is 2. The topological polar surface area (TPSA) is 18.5 Å². The van der Waals surface area contributed by atoms with Gasteiger partial charge in [-0.15, -0.1) is 0 Å². The van der Waals surface area contributed by atoms with Crippen LogP contribution >= 0.6 is 15.9 Å². The Hall–Kier alpha value is -0.580. The van der Waals surface area contributed by atoms with E-state index < -0.39 is 0 Å². The predicted octanol–water partition coefficient (Wildman–Crippen LogP) is 2.18. The zero-order valence-electron chi connectivity index (χ0n) is 11.2. The number of hydrogen-bond acceptors (Lipinski definition) is 3. The lowest BCUT2D eigenvalue weighted by atomic mass is 10.2. The highest BCUT2D eigenvalue weighted by Gasteiger charge is 2.18. The zero-order chi connectivity index (χ0) is 13.0. The fourth-order valence-corrected chi connectivity index (χ4v) is 2.71. The van der Waals surface area contributed by atoms with Crippen LogP contribution in [0.2, 0.25) is 0 Å². The molecule has 1 unspecified atom stereocenters. The van der Waals surface area contributed by atoms with E-state index in [0.717, 1.165) is 30.7 Å². The Kier molecular flexibility index (Phi) is 5.03. The maximum Gasteiger partial charge on any atom is 0.0371 e. The van der Waals surface area contributed by atoms with Crippen LogP contribution in [0.1, 0.15) is 6.42 Å². The van der Waals surface area contributed by atoms with Crippen molar-refractivity contribution in [3.63, 3.8) is 0 Å². The normalized spacial score (nSPS) is 21.1. The van der Waals surface area contributed by atoms with Gasteiger partial charge in [-0.2, -0.15) is 0 Å². The molecule has 0 aromatic heterocycles. The second-order valence-corrected chi connectivity index (χ2v) is 6.10. The third-order valence-electron chi connectivity index (χ3n) is 3.26. The Morgan fingerprint density at radius 1 is 1.33 bits per heavy atom. The van der Waals surface area contributed by atoms with Crippen molar-refractivity contribution >= 4 is 21.6 Å². The maximum absolute atomic E-state index is 3.63. The fraction of sp³-hybridized carbons (Fsp3) is 0.571. The van der Waals surface area contributed by atoms with Gasteiger partial charge in [0.15, 0.2) is 0 Å². The van der Waals surface area contributed by atoms with Crippen LogP contribution in [0.5, 0.6) is 0 Å². The van der Waals surface area contributed by atoms with Crippen molar-refractivity contribution < 1.29 is 0 Å². The van der Waals surface area contributed by atoms with Crippen molar-refractivity contribution in [2.75, 3.05) is 45.2 Å². The Labute approximate surface area is 118 Å². The molecule has 1 N–H and O–H groups in total. The van der Waals surface area contributed by atoms with Crippen LogP contribution in [0, 0.1) is 0 Å². The Morgan fingerprint density at radius 2 is 2.06 bits per heavy atom. The van der Waals surface area contributed by atoms with E-state index in [4.69, 9.17) is 0 Å². The van der Waals surface area contributed by atoms with Gasteiger partial charge in [0.1, 0.15) is 0 Å². The zero-order valence-corrected chi connectivity index (χ0v) is 12.8. The minimum Gasteiger partial charge on any atom is -0.370 e. The summed E-state index contributed by atoms with van der Waals surface area (Å²) in [5.74, 6) is 0. The number of nitrogens with one attached hydrogen (secondary N) is 1. The quantitative estimate of drug-likeness (QED) is 0.923. The predicted molar refractivity (Wildman–Crippen MR) is 81.3 cm³/mol. The van der Waals surface area contributed by atoms with Gasteiger partial charge in [0.2, 0.25) is 0 Å². The van der Waals surface area contributed by atoms with Crippen molar-refractivity contribution in [3.05, 3.63) is 28.7 Å². The number of hydrogen-bond donors (Lipinski definition) is 1. The first-order chi connectivity index (χ1) is 8.65. The minimum absolute atomic E-state index is 0.547. The molecule has 1 atom stereocenters. The molecule has 0 radical (unpaired) electrons. The van der Waals surface area contributed by atoms with E-state index in [1.165, 1.54) is 12.1 Å². The maximum atomic E-state index is 3.63. The highest BCUT2D eigenvalue weighted by Crippen LogP contribution is 2.19. The summed E-state index contributed by atoms with van der Waals surface area (Å²) < 4.78 is 1.14. The summed E-state index contributed by atoms with van der Waals surface area (Å²) in [6.07, 6.45) is 1.21. The summed E-state index contributed by atoms with van der Waals surface area (Å²) in [5, 5.41) is 3.63. The summed E-state index contributed by atoms with van der Waals surface area (Å²) in [7, 11) is 4.27. The summed E-state index contributed by atoms with van der Waals surface area (Å²) in [5.41, 5.74) is 1.32. The van der Waals surface area contributed by atoms with Gasteiger partial charge >= 0.3 is 0 Å². The molecular formula is C14H22BrN3. The van der Waals surface area contributed by atoms with Crippen LogP contribution in [0.4, 0.5) is 5.69 Å². The van der Waals surface area contributed by atoms with Gasteiger partial charge < -0.3 is 15.1 Å². The highest BCUT2D eigenvalue weighted by atomic mass is 79.9. The lowest BCUT2D eigenvalue weighted by Crippen LogP contribution is -2.44. The standard InChI is InChI=1S/C14H22BrN3/c1-17(2)10-13-11-18(9-3-8-16-13)14-6-4-12(15)5-7-14/h4-7,13,16H,3,8-11H2,1-2H3. The largest absolute Gasteiger partial charge is 0.370 e. The molecule has 0 saturated carbocycles. The Balaban J connectivity index is 2.04. The van der Waals surface area contributed by atoms with E-state index in [2.05, 4.69) is 69.4 Å². The summed E-state index contributed by atoms with van der Waals surface area (Å²) in [4.78, 5) is 4.74. The Bertz CT molecular complexity index is 364. The first-order valence-electron chi connectivity index (χ1n) is 6.54. The third kappa shape index (κ3) is 3.97. The van der Waals surface area contributed by atoms with Gasteiger partial charge in [0.25, 0.3) is 0 Å². The first-order valence-corrected chi connectivity index (χ1v) is 7.33. The summed E-state index contributed by atoms with van der Waals surface area (Å²) >= 11 is 3.49. The fourth-order valence-electron chi connectivity index (χ4n) is 2.45. The van der Waals surface area contributed by atoms with Crippen molar-refractivity contribution in [1.29, 1.82) is 0 Å². The van der Waals surface area contributed by atoms with Gasteiger partial charge in [0.05, 0.1) is 0 Å². The monoisotopic (exact) mass is 311 g/mol. The van der Waals surface area contributed by atoms with Crippen LogP contribution in [0.25, 0.3) is 0 Å². The molecule has 0 bridgehead atoms. The molecule has 3 nitrogen and oxygen atoms in total. The van der Waals surface area contributed by atoms with E-state index in [1.807, 2.05) is 0 Å². The summed E-state index contributed by atoms with van der Waals surface area (Å²) in [6, 6.07) is 9.18. The Morgan fingerprint density at radius 3 is 2.72 bits per heavy atom. The molecule has 2 rings (SSSR count). The molecule has 0 aliphatic carbocycles. The van der Waals surface area contributed by atoms with Gasteiger partial charge in [-0.05, 0) is 51.3 Å². The number of likely N-dealkylation sites (N-methyl/N-ethyl adjacent to an activating group) is 1. The molecule has 1 fully saturated rings. The van der Waals surface area contributed by atoms with E-state index in [1.54, 1.807) is 0 Å². The van der Waals surface area contributed by atoms with Gasteiger partial charge in [0, 0.05) is 35.8 Å². The molecule has 4 heteroatoms. The molecule has 1 aliphatic heterocycles. The van der Waals surface area contributed by atoms with Gasteiger partial charge in [-0.1, -0.05) is 15.9 Å².